The van der Waals surface area contributed by atoms with Gasteiger partial charge in [0, 0.05) is 11.1 Å². The number of nitrogens with two attached hydrogens (primary N) is 1. The summed E-state index contributed by atoms with van der Waals surface area (Å²) in [6, 6.07) is 4.91. The number of rotatable bonds is 3. The fourth-order valence-electron chi connectivity index (χ4n) is 1.57. The third kappa shape index (κ3) is 2.90. The van der Waals surface area contributed by atoms with E-state index in [-0.39, 0.29) is 5.82 Å². The van der Waals surface area contributed by atoms with Gasteiger partial charge in [-0.2, -0.15) is 0 Å². The fraction of sp³-hybridized carbons (Fsp3) is 0.231. The molecular weight excluding hydrogens is 265 g/mol. The maximum atomic E-state index is 12.9. The van der Waals surface area contributed by atoms with Crippen molar-refractivity contribution < 1.29 is 9.18 Å². The molecule has 1 heterocycles. The van der Waals surface area contributed by atoms with E-state index in [1.165, 1.54) is 40.5 Å². The highest BCUT2D eigenvalue weighted by atomic mass is 32.1. The number of aromatic nitrogens is 1. The molecule has 1 aromatic heterocycles. The molecule has 2 rings (SSSR count). The van der Waals surface area contributed by atoms with Gasteiger partial charge in [0.1, 0.15) is 5.82 Å². The Morgan fingerprint density at radius 1 is 1.37 bits per heavy atom. The van der Waals surface area contributed by atoms with E-state index in [0.29, 0.717) is 16.7 Å². The molecule has 0 fully saturated rings. The van der Waals surface area contributed by atoms with E-state index in [9.17, 15) is 9.18 Å². The summed E-state index contributed by atoms with van der Waals surface area (Å²) in [5.41, 5.74) is 5.88. The number of amides is 2. The van der Waals surface area contributed by atoms with Crippen LogP contribution in [0.1, 0.15) is 24.6 Å². The number of thiazole rings is 1. The lowest BCUT2D eigenvalue weighted by molar-refractivity contribution is 0.256. The average Bonchev–Trinajstić information content (AvgIpc) is 2.81. The molecule has 0 aliphatic heterocycles. The van der Waals surface area contributed by atoms with E-state index in [2.05, 4.69) is 4.98 Å². The predicted molar refractivity (Wildman–Crippen MR) is 74.3 cm³/mol. The van der Waals surface area contributed by atoms with E-state index in [4.69, 9.17) is 5.73 Å². The molecule has 0 saturated heterocycles. The molecule has 4 nitrogen and oxygen atoms in total. The molecule has 100 valence electrons. The molecule has 0 saturated carbocycles. The second kappa shape index (κ2) is 5.36. The summed E-state index contributed by atoms with van der Waals surface area (Å²) in [4.78, 5) is 18.1. The minimum absolute atomic E-state index is 0.328. The van der Waals surface area contributed by atoms with Gasteiger partial charge in [0.2, 0.25) is 0 Å². The lowest BCUT2D eigenvalue weighted by Crippen LogP contribution is -2.31. The number of urea groups is 1. The van der Waals surface area contributed by atoms with Gasteiger partial charge >= 0.3 is 6.03 Å². The Labute approximate surface area is 114 Å². The van der Waals surface area contributed by atoms with Crippen LogP contribution in [-0.2, 0) is 0 Å². The molecule has 2 aromatic rings. The van der Waals surface area contributed by atoms with E-state index < -0.39 is 6.03 Å². The average molecular weight is 279 g/mol. The Morgan fingerprint density at radius 2 is 2.00 bits per heavy atom. The van der Waals surface area contributed by atoms with Crippen LogP contribution in [0.15, 0.2) is 30.5 Å². The molecule has 0 spiro atoms. The fourth-order valence-corrected chi connectivity index (χ4v) is 2.51. The molecule has 1 aromatic carbocycles. The maximum absolute atomic E-state index is 12.9. The number of anilines is 2. The minimum atomic E-state index is -0.642. The van der Waals surface area contributed by atoms with Crippen molar-refractivity contribution in [1.29, 1.82) is 0 Å². The first-order valence-corrected chi connectivity index (χ1v) is 6.61. The summed E-state index contributed by atoms with van der Waals surface area (Å²) in [6.45, 7) is 4.09. The normalized spacial score (nSPS) is 10.7. The standard InChI is InChI=1S/C13H14FN3OS/c1-8(2)11-7-16-13(19-11)17(12(15)18)10-5-3-9(14)4-6-10/h3-8H,1-2H3,(H2,15,18). The van der Waals surface area contributed by atoms with Crippen LogP contribution in [0.3, 0.4) is 0 Å². The van der Waals surface area contributed by atoms with Crippen LogP contribution in [0.4, 0.5) is 20.0 Å². The van der Waals surface area contributed by atoms with Crippen molar-refractivity contribution in [3.05, 3.63) is 41.2 Å². The number of nitrogens with zero attached hydrogens (tertiary/aromatic N) is 2. The first-order valence-electron chi connectivity index (χ1n) is 5.80. The van der Waals surface area contributed by atoms with Gasteiger partial charge in [-0.15, -0.1) is 11.3 Å². The van der Waals surface area contributed by atoms with Crippen LogP contribution in [0.5, 0.6) is 0 Å². The first-order chi connectivity index (χ1) is 8.99. The van der Waals surface area contributed by atoms with Crippen LogP contribution in [0.25, 0.3) is 0 Å². The van der Waals surface area contributed by atoms with E-state index in [1.807, 2.05) is 13.8 Å². The highest BCUT2D eigenvalue weighted by molar-refractivity contribution is 7.15. The van der Waals surface area contributed by atoms with Gasteiger partial charge in [0.15, 0.2) is 5.13 Å². The molecular formula is C13H14FN3OS. The highest BCUT2D eigenvalue weighted by Crippen LogP contribution is 2.32. The summed E-state index contributed by atoms with van der Waals surface area (Å²) in [7, 11) is 0. The molecule has 0 atom stereocenters. The van der Waals surface area contributed by atoms with Crippen molar-refractivity contribution in [2.24, 2.45) is 5.73 Å². The van der Waals surface area contributed by atoms with Gasteiger partial charge in [-0.25, -0.2) is 19.1 Å². The quantitative estimate of drug-likeness (QED) is 0.932. The first kappa shape index (κ1) is 13.5. The largest absolute Gasteiger partial charge is 0.351 e. The van der Waals surface area contributed by atoms with E-state index in [1.54, 1.807) is 6.20 Å². The van der Waals surface area contributed by atoms with Gasteiger partial charge in [-0.3, -0.25) is 0 Å². The number of hydrogen-bond acceptors (Lipinski definition) is 3. The van der Waals surface area contributed by atoms with Crippen molar-refractivity contribution in [3.63, 3.8) is 0 Å². The van der Waals surface area contributed by atoms with Crippen LogP contribution >= 0.6 is 11.3 Å². The van der Waals surface area contributed by atoms with Gasteiger partial charge in [-0.1, -0.05) is 13.8 Å². The lowest BCUT2D eigenvalue weighted by atomic mass is 10.2. The Hall–Kier alpha value is -1.95. The minimum Gasteiger partial charge on any atom is -0.351 e. The molecule has 19 heavy (non-hydrogen) atoms. The monoisotopic (exact) mass is 279 g/mol. The Kier molecular flexibility index (Phi) is 3.80. The predicted octanol–water partition coefficient (Wildman–Crippen LogP) is 3.62. The van der Waals surface area contributed by atoms with Crippen molar-refractivity contribution in [2.75, 3.05) is 4.90 Å². The lowest BCUT2D eigenvalue weighted by Gasteiger charge is -2.17. The Bertz CT molecular complexity index is 580. The summed E-state index contributed by atoms with van der Waals surface area (Å²) in [6.07, 6.45) is 1.73. The summed E-state index contributed by atoms with van der Waals surface area (Å²) < 4.78 is 12.9. The van der Waals surface area contributed by atoms with Gasteiger partial charge in [-0.05, 0) is 30.2 Å². The number of carbonyl (C=O) groups excluding carboxylic acids is 1. The molecule has 0 aliphatic carbocycles. The third-order valence-electron chi connectivity index (χ3n) is 2.58. The van der Waals surface area contributed by atoms with E-state index >= 15 is 0 Å². The van der Waals surface area contributed by atoms with Crippen LogP contribution < -0.4 is 10.6 Å². The van der Waals surface area contributed by atoms with Crippen LogP contribution in [0, 0.1) is 5.82 Å². The molecule has 0 radical (unpaired) electrons. The molecule has 0 unspecified atom stereocenters. The second-order valence-corrected chi connectivity index (χ2v) is 5.39. The molecule has 0 aliphatic rings. The number of carbonyl (C=O) groups is 1. The Balaban J connectivity index is 2.39. The molecule has 6 heteroatoms. The zero-order valence-corrected chi connectivity index (χ0v) is 11.4. The number of halogens is 1. The SMILES string of the molecule is CC(C)c1cnc(N(C(N)=O)c2ccc(F)cc2)s1. The summed E-state index contributed by atoms with van der Waals surface area (Å²) in [5.74, 6) is -0.0376. The number of hydrogen-bond donors (Lipinski definition) is 1. The van der Waals surface area contributed by atoms with Crippen LogP contribution in [0.2, 0.25) is 0 Å². The molecule has 2 amide bonds. The van der Waals surface area contributed by atoms with Crippen molar-refractivity contribution in [3.8, 4) is 0 Å². The van der Waals surface area contributed by atoms with Crippen molar-refractivity contribution in [1.82, 2.24) is 4.98 Å². The summed E-state index contributed by atoms with van der Waals surface area (Å²) >= 11 is 1.40. The van der Waals surface area contributed by atoms with Crippen molar-refractivity contribution in [2.45, 2.75) is 19.8 Å². The molecule has 0 bridgehead atoms. The van der Waals surface area contributed by atoms with Gasteiger partial charge < -0.3 is 5.73 Å². The smallest absolute Gasteiger partial charge is 0.325 e. The Morgan fingerprint density at radius 3 is 2.47 bits per heavy atom. The number of primary amides is 1. The number of benzene rings is 1. The van der Waals surface area contributed by atoms with Gasteiger partial charge in [0.05, 0.1) is 5.69 Å². The zero-order valence-electron chi connectivity index (χ0n) is 10.6. The van der Waals surface area contributed by atoms with Crippen molar-refractivity contribution >= 4 is 28.2 Å². The zero-order chi connectivity index (χ0) is 14.0. The summed E-state index contributed by atoms with van der Waals surface area (Å²) in [5, 5.41) is 0.489. The van der Waals surface area contributed by atoms with Gasteiger partial charge in [0.25, 0.3) is 0 Å². The topological polar surface area (TPSA) is 59.2 Å². The van der Waals surface area contributed by atoms with E-state index in [0.717, 1.165) is 4.88 Å². The second-order valence-electron chi connectivity index (χ2n) is 4.35. The maximum Gasteiger partial charge on any atom is 0.325 e. The molecule has 2 N–H and O–H groups in total. The van der Waals surface area contributed by atoms with Crippen LogP contribution in [-0.4, -0.2) is 11.0 Å². The third-order valence-corrected chi connectivity index (χ3v) is 3.86. The highest BCUT2D eigenvalue weighted by Gasteiger charge is 2.19.